The third-order valence-corrected chi connectivity index (χ3v) is 5.79. The summed E-state index contributed by atoms with van der Waals surface area (Å²) >= 11 is 0. The number of rotatable bonds is 9. The molecule has 34 heavy (non-hydrogen) atoms. The Morgan fingerprint density at radius 3 is 2.41 bits per heavy atom. The number of hydrogen-bond acceptors (Lipinski definition) is 3. The lowest BCUT2D eigenvalue weighted by atomic mass is 10.0. The van der Waals surface area contributed by atoms with Crippen LogP contribution in [0.2, 0.25) is 0 Å². The standard InChI is InChI=1S/C28H30N4O2/c1-20(2)27(30-26(33)19-21-12-13-22-8-6-7-9-23(22)18-21)28(34)29-16-14-24-15-17-32(31-24)25-10-4-3-5-11-25/h3-13,15,17-18,20,27H,14,16,19H2,1-2H3,(H,29,34)(H,30,33). The first-order chi connectivity index (χ1) is 16.5. The van der Waals surface area contributed by atoms with Crippen LogP contribution in [0.15, 0.2) is 85.1 Å². The van der Waals surface area contributed by atoms with Gasteiger partial charge in [-0.25, -0.2) is 4.68 Å². The third kappa shape index (κ3) is 5.90. The number of fused-ring (bicyclic) bond motifs is 1. The average Bonchev–Trinajstić information content (AvgIpc) is 3.32. The quantitative estimate of drug-likeness (QED) is 0.400. The fourth-order valence-corrected chi connectivity index (χ4v) is 3.94. The lowest BCUT2D eigenvalue weighted by molar-refractivity contribution is -0.129. The Bertz CT molecular complexity index is 1260. The number of aromatic nitrogens is 2. The molecule has 3 aromatic carbocycles. The van der Waals surface area contributed by atoms with Gasteiger partial charge < -0.3 is 10.6 Å². The molecule has 0 aliphatic heterocycles. The normalized spacial score (nSPS) is 12.0. The Morgan fingerprint density at radius 1 is 0.912 bits per heavy atom. The summed E-state index contributed by atoms with van der Waals surface area (Å²) in [7, 11) is 0. The van der Waals surface area contributed by atoms with Gasteiger partial charge >= 0.3 is 0 Å². The molecule has 174 valence electrons. The van der Waals surface area contributed by atoms with Crippen LogP contribution in [0.4, 0.5) is 0 Å². The van der Waals surface area contributed by atoms with Crippen molar-refractivity contribution in [3.63, 3.8) is 0 Å². The Hall–Kier alpha value is -3.93. The van der Waals surface area contributed by atoms with Crippen molar-refractivity contribution in [3.05, 3.63) is 96.3 Å². The second kappa shape index (κ2) is 10.8. The second-order valence-electron chi connectivity index (χ2n) is 8.78. The van der Waals surface area contributed by atoms with Crippen molar-refractivity contribution >= 4 is 22.6 Å². The van der Waals surface area contributed by atoms with Crippen molar-refractivity contribution in [2.45, 2.75) is 32.7 Å². The molecule has 0 saturated heterocycles. The van der Waals surface area contributed by atoms with Crippen LogP contribution in [0.5, 0.6) is 0 Å². The van der Waals surface area contributed by atoms with E-state index < -0.39 is 6.04 Å². The van der Waals surface area contributed by atoms with E-state index in [4.69, 9.17) is 0 Å². The van der Waals surface area contributed by atoms with Crippen molar-refractivity contribution in [2.24, 2.45) is 5.92 Å². The molecule has 0 fully saturated rings. The number of para-hydroxylation sites is 1. The molecule has 0 bridgehead atoms. The highest BCUT2D eigenvalue weighted by atomic mass is 16.2. The van der Waals surface area contributed by atoms with Crippen molar-refractivity contribution in [2.75, 3.05) is 6.54 Å². The first-order valence-corrected chi connectivity index (χ1v) is 11.6. The first kappa shape index (κ1) is 23.2. The van der Waals surface area contributed by atoms with Gasteiger partial charge in [0.15, 0.2) is 0 Å². The lowest BCUT2D eigenvalue weighted by Crippen LogP contribution is -2.50. The molecule has 1 atom stereocenters. The molecule has 4 rings (SSSR count). The fourth-order valence-electron chi connectivity index (χ4n) is 3.94. The van der Waals surface area contributed by atoms with Crippen molar-refractivity contribution in [1.29, 1.82) is 0 Å². The second-order valence-corrected chi connectivity index (χ2v) is 8.78. The predicted molar refractivity (Wildman–Crippen MR) is 135 cm³/mol. The van der Waals surface area contributed by atoms with Crippen LogP contribution >= 0.6 is 0 Å². The van der Waals surface area contributed by atoms with E-state index in [1.54, 1.807) is 0 Å². The SMILES string of the molecule is CC(C)C(NC(=O)Cc1ccc2ccccc2c1)C(=O)NCCc1ccn(-c2ccccc2)n1. The van der Waals surface area contributed by atoms with E-state index >= 15 is 0 Å². The van der Waals surface area contributed by atoms with Gasteiger partial charge in [0.2, 0.25) is 11.8 Å². The molecule has 6 heteroatoms. The molecule has 0 aliphatic carbocycles. The molecule has 0 aliphatic rings. The molecule has 6 nitrogen and oxygen atoms in total. The minimum absolute atomic E-state index is 0.0298. The van der Waals surface area contributed by atoms with Crippen LogP contribution in [0.25, 0.3) is 16.5 Å². The summed E-state index contributed by atoms with van der Waals surface area (Å²) in [5.74, 6) is -0.368. The summed E-state index contributed by atoms with van der Waals surface area (Å²) < 4.78 is 1.82. The fraction of sp³-hybridized carbons (Fsp3) is 0.250. The third-order valence-electron chi connectivity index (χ3n) is 5.79. The number of carbonyl (C=O) groups excluding carboxylic acids is 2. The van der Waals surface area contributed by atoms with Gasteiger partial charge in [-0.05, 0) is 40.5 Å². The molecule has 0 saturated carbocycles. The molecule has 2 N–H and O–H groups in total. The Kier molecular flexibility index (Phi) is 7.38. The topological polar surface area (TPSA) is 76.0 Å². The van der Waals surface area contributed by atoms with E-state index in [0.29, 0.717) is 13.0 Å². The molecular formula is C28H30N4O2. The van der Waals surface area contributed by atoms with Crippen LogP contribution in [-0.2, 0) is 22.4 Å². The number of carbonyl (C=O) groups is 2. The summed E-state index contributed by atoms with van der Waals surface area (Å²) in [6.07, 6.45) is 2.76. The Morgan fingerprint density at radius 2 is 1.65 bits per heavy atom. The van der Waals surface area contributed by atoms with Crippen LogP contribution in [0.1, 0.15) is 25.1 Å². The van der Waals surface area contributed by atoms with Gasteiger partial charge in [0.05, 0.1) is 17.8 Å². The zero-order valence-corrected chi connectivity index (χ0v) is 19.6. The summed E-state index contributed by atoms with van der Waals surface area (Å²) in [4.78, 5) is 25.5. The van der Waals surface area contributed by atoms with Crippen molar-refractivity contribution in [1.82, 2.24) is 20.4 Å². The maximum atomic E-state index is 12.8. The molecule has 1 aromatic heterocycles. The lowest BCUT2D eigenvalue weighted by Gasteiger charge is -2.21. The van der Waals surface area contributed by atoms with E-state index in [2.05, 4.69) is 15.7 Å². The van der Waals surface area contributed by atoms with Crippen LogP contribution in [-0.4, -0.2) is 34.2 Å². The van der Waals surface area contributed by atoms with E-state index in [1.807, 2.05) is 104 Å². The largest absolute Gasteiger partial charge is 0.354 e. The van der Waals surface area contributed by atoms with Gasteiger partial charge in [0.1, 0.15) is 6.04 Å². The number of amides is 2. The Balaban J connectivity index is 1.29. The minimum Gasteiger partial charge on any atom is -0.354 e. The summed E-state index contributed by atoms with van der Waals surface area (Å²) in [5.41, 5.74) is 2.81. The van der Waals surface area contributed by atoms with Gasteiger partial charge in [-0.15, -0.1) is 0 Å². The zero-order chi connectivity index (χ0) is 23.9. The maximum Gasteiger partial charge on any atom is 0.242 e. The van der Waals surface area contributed by atoms with Gasteiger partial charge in [0, 0.05) is 19.2 Å². The molecular weight excluding hydrogens is 424 g/mol. The molecule has 4 aromatic rings. The highest BCUT2D eigenvalue weighted by molar-refractivity contribution is 5.89. The minimum atomic E-state index is -0.588. The number of benzene rings is 3. The first-order valence-electron chi connectivity index (χ1n) is 11.6. The maximum absolute atomic E-state index is 12.8. The van der Waals surface area contributed by atoms with Gasteiger partial charge in [-0.1, -0.05) is 74.5 Å². The Labute approximate surface area is 200 Å². The van der Waals surface area contributed by atoms with Gasteiger partial charge in [-0.3, -0.25) is 9.59 Å². The highest BCUT2D eigenvalue weighted by Crippen LogP contribution is 2.16. The van der Waals surface area contributed by atoms with Crippen molar-refractivity contribution < 1.29 is 9.59 Å². The van der Waals surface area contributed by atoms with Gasteiger partial charge in [0.25, 0.3) is 0 Å². The average molecular weight is 455 g/mol. The molecule has 1 heterocycles. The molecule has 0 spiro atoms. The van der Waals surface area contributed by atoms with Crippen molar-refractivity contribution in [3.8, 4) is 5.69 Å². The molecule has 1 unspecified atom stereocenters. The van der Waals surface area contributed by atoms with Crippen LogP contribution in [0.3, 0.4) is 0 Å². The van der Waals surface area contributed by atoms with Gasteiger partial charge in [-0.2, -0.15) is 5.10 Å². The van der Waals surface area contributed by atoms with E-state index in [0.717, 1.165) is 27.7 Å². The number of hydrogen-bond donors (Lipinski definition) is 2. The highest BCUT2D eigenvalue weighted by Gasteiger charge is 2.24. The van der Waals surface area contributed by atoms with Crippen LogP contribution in [0, 0.1) is 5.92 Å². The molecule has 2 amide bonds. The summed E-state index contributed by atoms with van der Waals surface area (Å²) in [6, 6.07) is 25.3. The zero-order valence-electron chi connectivity index (χ0n) is 19.6. The summed E-state index contributed by atoms with van der Waals surface area (Å²) in [5, 5.41) is 12.7. The van der Waals surface area contributed by atoms with Crippen LogP contribution < -0.4 is 10.6 Å². The molecule has 0 radical (unpaired) electrons. The summed E-state index contributed by atoms with van der Waals surface area (Å²) in [6.45, 7) is 4.32. The number of nitrogens with one attached hydrogen (secondary N) is 2. The van der Waals surface area contributed by atoms with E-state index in [9.17, 15) is 9.59 Å². The predicted octanol–water partition coefficient (Wildman–Crippen LogP) is 4.07. The monoisotopic (exact) mass is 454 g/mol. The smallest absolute Gasteiger partial charge is 0.242 e. The van der Waals surface area contributed by atoms with E-state index in [1.165, 1.54) is 0 Å². The number of nitrogens with zero attached hydrogens (tertiary/aromatic N) is 2. The van der Waals surface area contributed by atoms with E-state index in [-0.39, 0.29) is 24.2 Å².